The number of esters is 1. The Morgan fingerprint density at radius 2 is 2.00 bits per heavy atom. The summed E-state index contributed by atoms with van der Waals surface area (Å²) in [6, 6.07) is 14.9. The van der Waals surface area contributed by atoms with Crippen molar-refractivity contribution in [2.75, 3.05) is 18.9 Å². The lowest BCUT2D eigenvalue weighted by atomic mass is 9.91. The topological polar surface area (TPSA) is 180 Å². The smallest absolute Gasteiger partial charge is 0.459 e. The van der Waals surface area contributed by atoms with E-state index in [-0.39, 0.29) is 18.2 Å². The van der Waals surface area contributed by atoms with Crippen LogP contribution in [-0.4, -0.2) is 67.8 Å². The van der Waals surface area contributed by atoms with Crippen LogP contribution in [0.15, 0.2) is 60.9 Å². The van der Waals surface area contributed by atoms with E-state index in [2.05, 4.69) is 15.2 Å². The fourth-order valence-corrected chi connectivity index (χ4v) is 6.33. The molecule has 0 radical (unpaired) electrons. The number of benzene rings is 2. The summed E-state index contributed by atoms with van der Waals surface area (Å²) in [7, 11) is -4.29. The minimum absolute atomic E-state index is 0.129. The summed E-state index contributed by atoms with van der Waals surface area (Å²) in [5.41, 5.74) is 5.07. The molecule has 2 aromatic heterocycles. The average molecular weight is 586 g/mol. The van der Waals surface area contributed by atoms with Crippen molar-refractivity contribution in [3.8, 4) is 5.75 Å². The Labute approximate surface area is 235 Å². The van der Waals surface area contributed by atoms with Crippen molar-refractivity contribution in [2.24, 2.45) is 0 Å². The number of hydrogen-bond donors (Lipinski definition) is 4. The van der Waals surface area contributed by atoms with Crippen molar-refractivity contribution in [3.05, 3.63) is 66.6 Å². The van der Waals surface area contributed by atoms with Gasteiger partial charge in [-0.25, -0.2) is 14.1 Å². The Kier molecular flexibility index (Phi) is 8.02. The molecule has 0 saturated carbocycles. The van der Waals surface area contributed by atoms with Gasteiger partial charge in [0.25, 0.3) is 0 Å². The Bertz CT molecular complexity index is 1610. The van der Waals surface area contributed by atoms with Crippen LogP contribution in [0, 0.1) is 0 Å². The normalized spacial score (nSPS) is 24.8. The van der Waals surface area contributed by atoms with E-state index in [0.29, 0.717) is 16.6 Å². The van der Waals surface area contributed by atoms with Gasteiger partial charge in [0.15, 0.2) is 5.82 Å². The molecule has 1 aliphatic heterocycles. The number of carbonyl (C=O) groups is 1. The summed E-state index contributed by atoms with van der Waals surface area (Å²) in [6.07, 6.45) is -2.37. The van der Waals surface area contributed by atoms with Gasteiger partial charge in [0.1, 0.15) is 47.5 Å². The number of nitrogens with one attached hydrogen (secondary N) is 1. The molecule has 0 spiro atoms. The lowest BCUT2D eigenvalue weighted by Gasteiger charge is -2.27. The number of aromatic nitrogens is 3. The molecule has 14 heteroatoms. The number of hydrogen-bond acceptors (Lipinski definition) is 11. The highest BCUT2D eigenvalue weighted by atomic mass is 31.2. The van der Waals surface area contributed by atoms with Crippen LogP contribution in [0.5, 0.6) is 5.75 Å². The van der Waals surface area contributed by atoms with Crippen LogP contribution in [0.4, 0.5) is 5.82 Å². The number of ether oxygens (including phenoxy) is 2. The zero-order valence-corrected chi connectivity index (χ0v) is 23.6. The summed E-state index contributed by atoms with van der Waals surface area (Å²) in [5, 5.41) is 30.6. The predicted molar refractivity (Wildman–Crippen MR) is 149 cm³/mol. The Balaban J connectivity index is 1.40. The van der Waals surface area contributed by atoms with Gasteiger partial charge in [-0.15, -0.1) is 0 Å². The van der Waals surface area contributed by atoms with Crippen molar-refractivity contribution in [1.29, 1.82) is 0 Å². The molecule has 5 rings (SSSR count). The summed E-state index contributed by atoms with van der Waals surface area (Å²) >= 11 is 0. The predicted octanol–water partition coefficient (Wildman–Crippen LogP) is 2.76. The van der Waals surface area contributed by atoms with Crippen LogP contribution < -0.4 is 15.3 Å². The molecule has 2 aromatic carbocycles. The fourth-order valence-electron chi connectivity index (χ4n) is 4.81. The maximum absolute atomic E-state index is 14.1. The molecule has 6 atom stereocenters. The highest BCUT2D eigenvalue weighted by molar-refractivity contribution is 7.52. The third-order valence-corrected chi connectivity index (χ3v) is 8.57. The minimum atomic E-state index is -4.29. The third-order valence-electron chi connectivity index (χ3n) is 6.94. The Morgan fingerprint density at radius 3 is 2.78 bits per heavy atom. The summed E-state index contributed by atoms with van der Waals surface area (Å²) < 4.78 is 38.3. The number of fused-ring (bicyclic) bond motifs is 2. The third kappa shape index (κ3) is 5.65. The minimum Gasteiger partial charge on any atom is -0.465 e. The quantitative estimate of drug-likeness (QED) is 0.158. The molecular weight excluding hydrogens is 553 g/mol. The number of aliphatic hydroxyl groups excluding tert-OH is 1. The molecule has 1 aliphatic rings. The molecule has 13 nitrogen and oxygen atoms in total. The zero-order chi connectivity index (χ0) is 29.4. The van der Waals surface area contributed by atoms with Crippen molar-refractivity contribution in [2.45, 2.75) is 50.7 Å². The second kappa shape index (κ2) is 11.4. The van der Waals surface area contributed by atoms with Gasteiger partial charge in [-0.2, -0.15) is 10.2 Å². The van der Waals surface area contributed by atoms with E-state index in [9.17, 15) is 19.6 Å². The molecule has 0 amide bonds. The lowest BCUT2D eigenvalue weighted by Crippen LogP contribution is -2.43. The van der Waals surface area contributed by atoms with E-state index < -0.39 is 50.3 Å². The monoisotopic (exact) mass is 585 g/mol. The highest BCUT2D eigenvalue weighted by Gasteiger charge is 2.54. The van der Waals surface area contributed by atoms with Crippen molar-refractivity contribution in [1.82, 2.24) is 19.7 Å². The fraction of sp³-hybridized carbons (Fsp3) is 0.370. The number of nitrogens with zero attached hydrogens (tertiary/aromatic N) is 3. The van der Waals surface area contributed by atoms with Crippen LogP contribution in [0.3, 0.4) is 0 Å². The van der Waals surface area contributed by atoms with Crippen LogP contribution in [-0.2, 0) is 23.4 Å². The van der Waals surface area contributed by atoms with E-state index in [1.807, 2.05) is 24.3 Å². The standard InChI is InChI=1S/C27H32N5O8P/c1-4-37-26(34)16(2)31-41(36,40-21-11-7-9-17-8-5-6-10-18(17)21)38-14-22-23(33)27(3,35)24(39-22)19-12-13-20-25(28)29-15-30-32(19)20/h5-13,15-16,22-24,33,35H,4,14H2,1-3H3,(H,31,36)(H2,28,29,30)/t16-,22+,23+,24-,27+,41?/m0/s1. The van der Waals surface area contributed by atoms with E-state index in [1.165, 1.54) is 24.7 Å². The number of carbonyl (C=O) groups excluding carboxylic acids is 1. The highest BCUT2D eigenvalue weighted by Crippen LogP contribution is 2.49. The van der Waals surface area contributed by atoms with Gasteiger partial charge in [-0.1, -0.05) is 36.4 Å². The zero-order valence-electron chi connectivity index (χ0n) is 22.7. The number of nitrogens with two attached hydrogens (primary N) is 1. The van der Waals surface area contributed by atoms with Gasteiger partial charge in [-0.3, -0.25) is 9.32 Å². The van der Waals surface area contributed by atoms with Crippen LogP contribution in [0.1, 0.15) is 32.6 Å². The van der Waals surface area contributed by atoms with Crippen LogP contribution in [0.25, 0.3) is 16.3 Å². The SMILES string of the molecule is CCOC(=O)[C@H](C)NP(=O)(OC[C@H]1O[C@@H](c2ccc3c(N)ncnn23)[C@](C)(O)[C@@H]1O)Oc1cccc2ccccc12. The number of aliphatic hydroxyl groups is 2. The van der Waals surface area contributed by atoms with E-state index >= 15 is 0 Å². The average Bonchev–Trinajstić information content (AvgIpc) is 3.47. The van der Waals surface area contributed by atoms with Crippen LogP contribution in [0.2, 0.25) is 0 Å². The first-order valence-corrected chi connectivity index (χ1v) is 14.6. The largest absolute Gasteiger partial charge is 0.465 e. The van der Waals surface area contributed by atoms with Gasteiger partial charge in [-0.05, 0) is 44.4 Å². The Morgan fingerprint density at radius 1 is 1.24 bits per heavy atom. The van der Waals surface area contributed by atoms with Gasteiger partial charge >= 0.3 is 13.7 Å². The number of anilines is 1. The van der Waals surface area contributed by atoms with Crippen LogP contribution >= 0.6 is 7.75 Å². The Hall–Kier alpha value is -3.58. The summed E-state index contributed by atoms with van der Waals surface area (Å²) in [6.45, 7) is 4.21. The summed E-state index contributed by atoms with van der Waals surface area (Å²) in [5.74, 6) is -0.165. The second-order valence-corrected chi connectivity index (χ2v) is 11.6. The lowest BCUT2D eigenvalue weighted by molar-refractivity contribution is -0.144. The van der Waals surface area contributed by atoms with Crippen molar-refractivity contribution in [3.63, 3.8) is 0 Å². The van der Waals surface area contributed by atoms with Gasteiger partial charge < -0.3 is 29.9 Å². The second-order valence-electron chi connectivity index (χ2n) is 9.89. The van der Waals surface area contributed by atoms with E-state index in [4.69, 9.17) is 24.3 Å². The first-order chi connectivity index (χ1) is 19.5. The molecule has 4 aromatic rings. The molecule has 41 heavy (non-hydrogen) atoms. The first-order valence-electron chi connectivity index (χ1n) is 13.0. The first kappa shape index (κ1) is 28.9. The molecule has 3 heterocycles. The van der Waals surface area contributed by atoms with Gasteiger partial charge in [0, 0.05) is 5.39 Å². The van der Waals surface area contributed by atoms with E-state index in [0.717, 1.165) is 5.39 Å². The van der Waals surface area contributed by atoms with Crippen molar-refractivity contribution < 1.29 is 38.1 Å². The molecule has 218 valence electrons. The molecule has 5 N–H and O–H groups in total. The maximum atomic E-state index is 14.1. The summed E-state index contributed by atoms with van der Waals surface area (Å²) in [4.78, 5) is 16.3. The molecule has 1 fully saturated rings. The number of rotatable bonds is 10. The molecule has 1 unspecified atom stereocenters. The van der Waals surface area contributed by atoms with Gasteiger partial charge in [0.2, 0.25) is 0 Å². The molecule has 1 saturated heterocycles. The van der Waals surface area contributed by atoms with E-state index in [1.54, 1.807) is 37.3 Å². The maximum Gasteiger partial charge on any atom is 0.459 e. The van der Waals surface area contributed by atoms with Crippen molar-refractivity contribution >= 4 is 35.8 Å². The van der Waals surface area contributed by atoms with Gasteiger partial charge in [0.05, 0.1) is 18.9 Å². The molecule has 0 bridgehead atoms. The number of nitrogen functional groups attached to an aromatic ring is 1. The molecule has 0 aliphatic carbocycles. The molecular formula is C27H32N5O8P.